The lowest BCUT2D eigenvalue weighted by Gasteiger charge is -2.08. The summed E-state index contributed by atoms with van der Waals surface area (Å²) in [6, 6.07) is 0. The minimum Gasteiger partial charge on any atom is -0.550 e. The van der Waals surface area contributed by atoms with Gasteiger partial charge >= 0.3 is 0 Å². The van der Waals surface area contributed by atoms with Gasteiger partial charge in [-0.25, -0.2) is 4.89 Å². The van der Waals surface area contributed by atoms with Crippen molar-refractivity contribution in [1.29, 1.82) is 0 Å². The topological polar surface area (TPSA) is 89.8 Å². The minimum atomic E-state index is -1.10. The highest BCUT2D eigenvalue weighted by atomic mass is 17.1. The van der Waals surface area contributed by atoms with Crippen molar-refractivity contribution in [3.63, 3.8) is 0 Å². The van der Waals surface area contributed by atoms with Crippen molar-refractivity contribution >= 4 is 5.97 Å². The molecule has 0 spiro atoms. The van der Waals surface area contributed by atoms with E-state index in [0.29, 0.717) is 12.8 Å². The van der Waals surface area contributed by atoms with Crippen LogP contribution in [-0.4, -0.2) is 28.5 Å². The molecule has 142 valence electrons. The molecule has 0 amide bonds. The smallest absolute Gasteiger partial charge is 0.111 e. The molecular formula is C20H31O5-. The zero-order chi connectivity index (χ0) is 18.8. The Balaban J connectivity index is 3.89. The highest BCUT2D eigenvalue weighted by molar-refractivity contribution is 5.64. The van der Waals surface area contributed by atoms with E-state index in [9.17, 15) is 15.0 Å². The maximum absolute atomic E-state index is 10.3. The van der Waals surface area contributed by atoms with Crippen molar-refractivity contribution in [3.05, 3.63) is 48.6 Å². The first-order valence-corrected chi connectivity index (χ1v) is 8.95. The van der Waals surface area contributed by atoms with Crippen LogP contribution in [0.2, 0.25) is 0 Å². The van der Waals surface area contributed by atoms with Crippen molar-refractivity contribution in [3.8, 4) is 0 Å². The van der Waals surface area contributed by atoms with E-state index in [1.807, 2.05) is 30.4 Å². The standard InChI is InChI=1S/C20H32O5/c1-2-3-9-13-18(21)14-10-7-5-4-6-8-11-15-19(25-24)16-12-17-20(22)23/h5-8,10-11,14-15,18-19,21,24H,2-4,9,12-13,16-17H2,1H3,(H,22,23)/p-1/b7-5-,8-6-,14-10+,15-11+. The predicted octanol–water partition coefficient (Wildman–Crippen LogP) is 3.32. The molecule has 0 aromatic carbocycles. The van der Waals surface area contributed by atoms with Gasteiger partial charge in [0, 0.05) is 5.97 Å². The van der Waals surface area contributed by atoms with Gasteiger partial charge in [-0.3, -0.25) is 5.26 Å². The lowest BCUT2D eigenvalue weighted by molar-refractivity contribution is -0.306. The highest BCUT2D eigenvalue weighted by Gasteiger charge is 2.03. The molecule has 0 aliphatic heterocycles. The van der Waals surface area contributed by atoms with E-state index in [-0.39, 0.29) is 12.5 Å². The quantitative estimate of drug-likeness (QED) is 0.204. The fourth-order valence-corrected chi connectivity index (χ4v) is 2.10. The molecule has 0 rings (SSSR count). The molecule has 5 nitrogen and oxygen atoms in total. The average Bonchev–Trinajstić information content (AvgIpc) is 2.58. The number of hydrogen-bond acceptors (Lipinski definition) is 5. The van der Waals surface area contributed by atoms with Crippen molar-refractivity contribution < 1.29 is 25.2 Å². The van der Waals surface area contributed by atoms with Crippen LogP contribution in [-0.2, 0) is 9.68 Å². The fraction of sp³-hybridized carbons (Fsp3) is 0.550. The first-order chi connectivity index (χ1) is 12.1. The summed E-state index contributed by atoms with van der Waals surface area (Å²) in [5.74, 6) is -1.10. The normalized spacial score (nSPS) is 15.0. The van der Waals surface area contributed by atoms with Gasteiger partial charge in [0.1, 0.15) is 6.10 Å². The molecule has 2 N–H and O–H groups in total. The van der Waals surface area contributed by atoms with E-state index in [4.69, 9.17) is 5.26 Å². The van der Waals surface area contributed by atoms with Crippen LogP contribution >= 0.6 is 0 Å². The first kappa shape index (κ1) is 23.3. The van der Waals surface area contributed by atoms with Crippen LogP contribution in [0.25, 0.3) is 0 Å². The summed E-state index contributed by atoms with van der Waals surface area (Å²) in [6.07, 6.45) is 19.5. The van der Waals surface area contributed by atoms with Crippen molar-refractivity contribution in [2.24, 2.45) is 0 Å². The Labute approximate surface area is 151 Å². The molecule has 0 aromatic heterocycles. The van der Waals surface area contributed by atoms with Gasteiger partial charge in [0.15, 0.2) is 0 Å². The number of carbonyl (C=O) groups excluding carboxylic acids is 1. The Bertz CT molecular complexity index is 437. The van der Waals surface area contributed by atoms with Gasteiger partial charge < -0.3 is 15.0 Å². The van der Waals surface area contributed by atoms with E-state index in [2.05, 4.69) is 11.8 Å². The van der Waals surface area contributed by atoms with E-state index in [0.717, 1.165) is 32.1 Å². The fourth-order valence-electron chi connectivity index (χ4n) is 2.10. The van der Waals surface area contributed by atoms with Gasteiger partial charge in [-0.15, -0.1) is 0 Å². The van der Waals surface area contributed by atoms with Crippen LogP contribution in [0.3, 0.4) is 0 Å². The zero-order valence-electron chi connectivity index (χ0n) is 15.0. The number of allylic oxidation sites excluding steroid dienone is 6. The highest BCUT2D eigenvalue weighted by Crippen LogP contribution is 2.06. The van der Waals surface area contributed by atoms with Gasteiger partial charge in [0.2, 0.25) is 0 Å². The molecule has 2 unspecified atom stereocenters. The summed E-state index contributed by atoms with van der Waals surface area (Å²) in [4.78, 5) is 14.6. The Morgan fingerprint density at radius 3 is 2.32 bits per heavy atom. The Morgan fingerprint density at radius 1 is 1.04 bits per heavy atom. The molecular weight excluding hydrogens is 320 g/mol. The first-order valence-electron chi connectivity index (χ1n) is 8.95. The summed E-state index contributed by atoms with van der Waals surface area (Å²) >= 11 is 0. The molecule has 0 saturated carbocycles. The van der Waals surface area contributed by atoms with Crippen LogP contribution in [0.4, 0.5) is 0 Å². The summed E-state index contributed by atoms with van der Waals surface area (Å²) in [5, 5.41) is 28.7. The second-order valence-electron chi connectivity index (χ2n) is 5.83. The predicted molar refractivity (Wildman–Crippen MR) is 97.7 cm³/mol. The third-order valence-electron chi connectivity index (χ3n) is 3.53. The van der Waals surface area contributed by atoms with Crippen LogP contribution in [0.5, 0.6) is 0 Å². The molecule has 0 aliphatic carbocycles. The molecule has 0 saturated heterocycles. The van der Waals surface area contributed by atoms with Gasteiger partial charge in [-0.1, -0.05) is 74.8 Å². The van der Waals surface area contributed by atoms with Crippen LogP contribution in [0, 0.1) is 0 Å². The average molecular weight is 351 g/mol. The van der Waals surface area contributed by atoms with E-state index in [1.165, 1.54) is 0 Å². The number of rotatable bonds is 15. The SMILES string of the molecule is CCCCCC(O)/C=C/C=C\C/C=C\C=C\C(CCCC(=O)[O-])OO. The molecule has 0 heterocycles. The van der Waals surface area contributed by atoms with Crippen LogP contribution in [0.1, 0.15) is 58.3 Å². The summed E-state index contributed by atoms with van der Waals surface area (Å²) < 4.78 is 0. The monoisotopic (exact) mass is 351 g/mol. The van der Waals surface area contributed by atoms with Crippen molar-refractivity contribution in [1.82, 2.24) is 0 Å². The van der Waals surface area contributed by atoms with Gasteiger partial charge in [-0.2, -0.15) is 0 Å². The Hall–Kier alpha value is -1.69. The third kappa shape index (κ3) is 16.9. The lowest BCUT2D eigenvalue weighted by Crippen LogP contribution is -2.22. The minimum absolute atomic E-state index is 0.0465. The number of hydrogen-bond donors (Lipinski definition) is 2. The molecule has 0 aliphatic rings. The second-order valence-corrected chi connectivity index (χ2v) is 5.83. The van der Waals surface area contributed by atoms with Crippen LogP contribution < -0.4 is 5.11 Å². The van der Waals surface area contributed by atoms with Crippen molar-refractivity contribution in [2.45, 2.75) is 70.5 Å². The van der Waals surface area contributed by atoms with Crippen molar-refractivity contribution in [2.75, 3.05) is 0 Å². The Morgan fingerprint density at radius 2 is 1.72 bits per heavy atom. The number of aliphatic hydroxyl groups excluding tert-OH is 1. The lowest BCUT2D eigenvalue weighted by atomic mass is 10.1. The number of aliphatic hydroxyl groups is 1. The molecule has 2 atom stereocenters. The molecule has 0 bridgehead atoms. The second kappa shape index (κ2) is 17.1. The molecule has 25 heavy (non-hydrogen) atoms. The molecule has 0 radical (unpaired) electrons. The van der Waals surface area contributed by atoms with E-state index < -0.39 is 12.1 Å². The Kier molecular flexibility index (Phi) is 16.0. The van der Waals surface area contributed by atoms with Gasteiger partial charge in [0.25, 0.3) is 0 Å². The largest absolute Gasteiger partial charge is 0.550 e. The number of carboxylic acids is 1. The number of carboxylic acid groups (broad SMARTS) is 1. The van der Waals surface area contributed by atoms with Gasteiger partial charge in [0.05, 0.1) is 6.10 Å². The maximum atomic E-state index is 10.3. The van der Waals surface area contributed by atoms with Gasteiger partial charge in [-0.05, 0) is 32.1 Å². The molecule has 5 heteroatoms. The number of unbranched alkanes of at least 4 members (excludes halogenated alkanes) is 2. The number of aliphatic carboxylic acids is 1. The van der Waals surface area contributed by atoms with E-state index in [1.54, 1.807) is 18.2 Å². The summed E-state index contributed by atoms with van der Waals surface area (Å²) in [5.41, 5.74) is 0. The molecule has 0 aromatic rings. The van der Waals surface area contributed by atoms with Crippen LogP contribution in [0.15, 0.2) is 48.6 Å². The van der Waals surface area contributed by atoms with E-state index >= 15 is 0 Å². The maximum Gasteiger partial charge on any atom is 0.111 e. The number of carbonyl (C=O) groups is 1. The third-order valence-corrected chi connectivity index (χ3v) is 3.53. The zero-order valence-corrected chi connectivity index (χ0v) is 15.0. The summed E-state index contributed by atoms with van der Waals surface area (Å²) in [6.45, 7) is 2.14. The molecule has 0 fully saturated rings. The summed E-state index contributed by atoms with van der Waals surface area (Å²) in [7, 11) is 0.